The van der Waals surface area contributed by atoms with Gasteiger partial charge in [-0.2, -0.15) is 17.5 Å². The van der Waals surface area contributed by atoms with Crippen LogP contribution < -0.4 is 4.74 Å². The van der Waals surface area contributed by atoms with E-state index in [1.165, 1.54) is 12.3 Å². The highest BCUT2D eigenvalue weighted by atomic mass is 32.3. The van der Waals surface area contributed by atoms with Crippen LogP contribution in [-0.4, -0.2) is 81.0 Å². The van der Waals surface area contributed by atoms with Gasteiger partial charge in [0.1, 0.15) is 16.1 Å². The molecule has 304 valence electrons. The van der Waals surface area contributed by atoms with Crippen LogP contribution in [0, 0.1) is 19.3 Å². The molecule has 5 heterocycles. The van der Waals surface area contributed by atoms with Gasteiger partial charge in [0, 0.05) is 43.6 Å². The van der Waals surface area contributed by atoms with Crippen LogP contribution in [0.3, 0.4) is 0 Å². The van der Waals surface area contributed by atoms with Crippen LogP contribution in [0.1, 0.15) is 99.1 Å². The normalized spacial score (nSPS) is 18.5. The molecule has 0 bridgehead atoms. The molecule has 0 amide bonds. The first-order valence-corrected chi connectivity index (χ1v) is 19.8. The van der Waals surface area contributed by atoms with E-state index in [-0.39, 0.29) is 48.3 Å². The number of halogens is 3. The molecule has 3 aromatic heterocycles. The molecule has 1 unspecified atom stereocenters. The molecule has 1 fully saturated rings. The number of carboxylic acid groups (broad SMARTS) is 1. The first-order chi connectivity index (χ1) is 26.0. The van der Waals surface area contributed by atoms with Crippen molar-refractivity contribution in [2.45, 2.75) is 109 Å². The number of alkyl halides is 3. The lowest BCUT2D eigenvalue weighted by molar-refractivity contribution is -0.155. The standard InChI is InChI=1S/C39H48F3N5O8S/c1-23-8-9-25(31(37(6,7)35(49)50)28-14-17-47-32(24(28)2)44-45-34(47)39(40,41)42)20-26(23)21-46-22-38(15-18-53-19-16-38)55-33-29(56(46,51)52)12-10-27(43-33)11-13-30(48)54-36(3,4)5/h8-10,12,14,17,20,31,51-52H,11,13,15-16,18-19,21-22H2,1-7H3,(H,49,50). The third-order valence-electron chi connectivity index (χ3n) is 10.5. The van der Waals surface area contributed by atoms with Crippen LogP contribution in [0.15, 0.2) is 47.5 Å². The van der Waals surface area contributed by atoms with Gasteiger partial charge in [0.05, 0.1) is 31.6 Å². The van der Waals surface area contributed by atoms with Gasteiger partial charge in [-0.05, 0) is 94.5 Å². The number of esters is 1. The molecule has 17 heteroatoms. The van der Waals surface area contributed by atoms with Gasteiger partial charge in [0.2, 0.25) is 11.7 Å². The summed E-state index contributed by atoms with van der Waals surface area (Å²) >= 11 is 0. The fourth-order valence-electron chi connectivity index (χ4n) is 7.39. The summed E-state index contributed by atoms with van der Waals surface area (Å²) in [5, 5.41) is 17.7. The number of carboxylic acids is 1. The van der Waals surface area contributed by atoms with E-state index in [1.54, 1.807) is 64.0 Å². The Kier molecular flexibility index (Phi) is 11.0. The molecule has 1 saturated heterocycles. The predicted molar refractivity (Wildman–Crippen MR) is 201 cm³/mol. The molecule has 0 radical (unpaired) electrons. The third kappa shape index (κ3) is 8.23. The number of nitrogens with zero attached hydrogens (tertiary/aromatic N) is 5. The van der Waals surface area contributed by atoms with E-state index in [4.69, 9.17) is 14.2 Å². The van der Waals surface area contributed by atoms with Crippen molar-refractivity contribution in [3.8, 4) is 5.88 Å². The number of hydrogen-bond acceptors (Lipinski definition) is 11. The van der Waals surface area contributed by atoms with Crippen LogP contribution in [0.25, 0.3) is 5.65 Å². The molecule has 6 rings (SSSR count). The summed E-state index contributed by atoms with van der Waals surface area (Å²) in [7, 11) is -3.74. The van der Waals surface area contributed by atoms with Gasteiger partial charge in [-0.3, -0.25) is 23.1 Å². The van der Waals surface area contributed by atoms with Crippen molar-refractivity contribution in [1.82, 2.24) is 23.9 Å². The first kappa shape index (κ1) is 41.3. The maximum atomic E-state index is 13.7. The van der Waals surface area contributed by atoms with Crippen molar-refractivity contribution in [2.75, 3.05) is 19.8 Å². The Morgan fingerprint density at radius 3 is 2.36 bits per heavy atom. The molecule has 1 atom stereocenters. The highest BCUT2D eigenvalue weighted by molar-refractivity contribution is 8.22. The summed E-state index contributed by atoms with van der Waals surface area (Å²) in [6.45, 7) is 12.8. The zero-order valence-electron chi connectivity index (χ0n) is 32.4. The Bertz CT molecular complexity index is 2140. The first-order valence-electron chi connectivity index (χ1n) is 18.3. The third-order valence-corrected chi connectivity index (χ3v) is 12.4. The van der Waals surface area contributed by atoms with E-state index < -0.39 is 51.3 Å². The smallest absolute Gasteiger partial charge is 0.452 e. The summed E-state index contributed by atoms with van der Waals surface area (Å²) in [4.78, 5) is 30.1. The minimum Gasteiger partial charge on any atom is -0.481 e. The Morgan fingerprint density at radius 2 is 1.71 bits per heavy atom. The molecule has 0 aliphatic carbocycles. The maximum Gasteiger partial charge on any atom is 0.452 e. The molecule has 2 aliphatic heterocycles. The number of carbonyl (C=O) groups is 2. The molecule has 2 aliphatic rings. The Labute approximate surface area is 324 Å². The number of hydrogen-bond donors (Lipinski definition) is 3. The second kappa shape index (κ2) is 14.9. The van der Waals surface area contributed by atoms with Crippen LogP contribution in [0.2, 0.25) is 0 Å². The fourth-order valence-corrected chi connectivity index (χ4v) is 8.97. The summed E-state index contributed by atoms with van der Waals surface area (Å²) in [5.74, 6) is -3.50. The monoisotopic (exact) mass is 803 g/mol. The van der Waals surface area contributed by atoms with Gasteiger partial charge >= 0.3 is 18.1 Å². The van der Waals surface area contributed by atoms with E-state index >= 15 is 0 Å². The topological polar surface area (TPSA) is 169 Å². The second-order valence-electron chi connectivity index (χ2n) is 16.2. The van der Waals surface area contributed by atoms with Crippen LogP contribution in [-0.2, 0) is 38.2 Å². The molecule has 0 saturated carbocycles. The largest absolute Gasteiger partial charge is 0.481 e. The van der Waals surface area contributed by atoms with Crippen LogP contribution >= 0.6 is 10.8 Å². The van der Waals surface area contributed by atoms with E-state index in [2.05, 4.69) is 15.2 Å². The second-order valence-corrected chi connectivity index (χ2v) is 18.2. The molecule has 1 aromatic carbocycles. The number of fused-ring (bicyclic) bond motifs is 2. The van der Waals surface area contributed by atoms with Gasteiger partial charge < -0.3 is 19.3 Å². The number of aryl methyl sites for hydroxylation is 3. The summed E-state index contributed by atoms with van der Waals surface area (Å²) in [6.07, 6.45) is -2.35. The summed E-state index contributed by atoms with van der Waals surface area (Å²) in [5.41, 5.74) is 0.282. The van der Waals surface area contributed by atoms with E-state index in [0.717, 1.165) is 9.96 Å². The van der Waals surface area contributed by atoms with Gasteiger partial charge in [0.25, 0.3) is 0 Å². The molecular weight excluding hydrogens is 756 g/mol. The molecule has 4 aromatic rings. The summed E-state index contributed by atoms with van der Waals surface area (Å²) < 4.78 is 85.4. The van der Waals surface area contributed by atoms with Crippen molar-refractivity contribution < 1.29 is 51.2 Å². The summed E-state index contributed by atoms with van der Waals surface area (Å²) in [6, 6.07) is 10.1. The molecule has 1 spiro atoms. The Hall–Kier alpha value is -4.29. The molecule has 3 N–H and O–H groups in total. The maximum absolute atomic E-state index is 13.7. The number of aliphatic carboxylic acids is 1. The van der Waals surface area contributed by atoms with Crippen molar-refractivity contribution in [2.24, 2.45) is 5.41 Å². The number of aromatic nitrogens is 4. The number of benzene rings is 1. The lowest BCUT2D eigenvalue weighted by atomic mass is 9.70. The van der Waals surface area contributed by atoms with Crippen LogP contribution in [0.4, 0.5) is 13.2 Å². The van der Waals surface area contributed by atoms with Gasteiger partial charge in [-0.1, -0.05) is 18.2 Å². The van der Waals surface area contributed by atoms with Gasteiger partial charge in [0.15, 0.2) is 5.65 Å². The van der Waals surface area contributed by atoms with Crippen molar-refractivity contribution in [3.05, 3.63) is 81.9 Å². The fraction of sp³-hybridized carbons (Fsp3) is 0.513. The zero-order chi connectivity index (χ0) is 41.0. The average Bonchev–Trinajstić information content (AvgIpc) is 3.52. The Morgan fingerprint density at radius 1 is 1.02 bits per heavy atom. The number of carbonyl (C=O) groups excluding carboxylic acids is 1. The van der Waals surface area contributed by atoms with Crippen molar-refractivity contribution >= 4 is 28.4 Å². The highest BCUT2D eigenvalue weighted by Gasteiger charge is 2.46. The average molecular weight is 804 g/mol. The van der Waals surface area contributed by atoms with Gasteiger partial charge in [-0.15, -0.1) is 21.0 Å². The quantitative estimate of drug-likeness (QED) is 0.141. The number of pyridine rings is 2. The molecular formula is C39H48F3N5O8S. The predicted octanol–water partition coefficient (Wildman–Crippen LogP) is 7.75. The van der Waals surface area contributed by atoms with E-state index in [1.807, 2.05) is 19.1 Å². The van der Waals surface area contributed by atoms with Crippen LogP contribution in [0.5, 0.6) is 5.88 Å². The lowest BCUT2D eigenvalue weighted by Gasteiger charge is -2.44. The minimum atomic E-state index is -4.75. The molecule has 13 nitrogen and oxygen atoms in total. The van der Waals surface area contributed by atoms with E-state index in [9.17, 15) is 37.0 Å². The van der Waals surface area contributed by atoms with Crippen molar-refractivity contribution in [3.63, 3.8) is 0 Å². The number of rotatable bonds is 9. The SMILES string of the molecule is Cc1ccc(C(c2ccn3c(C(F)(F)F)nnc3c2C)C(C)(C)C(=O)O)cc1CN1CC2(CCOCC2)Oc2nc(CCC(=O)OC(C)(C)C)ccc2S1(O)O. The molecule has 56 heavy (non-hydrogen) atoms. The Balaban J connectivity index is 1.39. The lowest BCUT2D eigenvalue weighted by Crippen LogP contribution is -2.50. The van der Waals surface area contributed by atoms with E-state index in [0.29, 0.717) is 54.0 Å². The zero-order valence-corrected chi connectivity index (χ0v) is 33.3. The van der Waals surface area contributed by atoms with Gasteiger partial charge in [-0.25, -0.2) is 4.98 Å². The van der Waals surface area contributed by atoms with Crippen molar-refractivity contribution in [1.29, 1.82) is 0 Å². The minimum absolute atomic E-state index is 0.0190. The number of ether oxygens (including phenoxy) is 3. The highest BCUT2D eigenvalue weighted by Crippen LogP contribution is 2.59.